The van der Waals surface area contributed by atoms with Crippen LogP contribution in [0.2, 0.25) is 0 Å². The fourth-order valence-corrected chi connectivity index (χ4v) is 3.30. The second kappa shape index (κ2) is 8.10. The lowest BCUT2D eigenvalue weighted by Gasteiger charge is -2.11. The number of aryl methyl sites for hydroxylation is 2. The summed E-state index contributed by atoms with van der Waals surface area (Å²) < 4.78 is 11.6. The lowest BCUT2D eigenvalue weighted by molar-refractivity contribution is -0.113. The van der Waals surface area contributed by atoms with E-state index in [-0.39, 0.29) is 11.1 Å². The van der Waals surface area contributed by atoms with E-state index in [0.717, 1.165) is 34.2 Å². The number of carbonyl (C=O) groups excluding carboxylic acids is 1. The summed E-state index contributed by atoms with van der Waals surface area (Å²) in [6.45, 7) is 4.91. The molecule has 2 aromatic carbocycles. The number of amidine groups is 1. The first-order valence-corrected chi connectivity index (χ1v) is 9.04. The van der Waals surface area contributed by atoms with Crippen molar-refractivity contribution in [3.8, 4) is 11.5 Å². The Morgan fingerprint density at radius 2 is 1.77 bits per heavy atom. The fraction of sp³-hybridized carbons (Fsp3) is 0.200. The zero-order chi connectivity index (χ0) is 18.5. The maximum atomic E-state index is 11.8. The van der Waals surface area contributed by atoms with Crippen molar-refractivity contribution in [1.29, 1.82) is 0 Å². The van der Waals surface area contributed by atoms with Gasteiger partial charge in [-0.1, -0.05) is 24.3 Å². The van der Waals surface area contributed by atoms with Crippen LogP contribution in [0.25, 0.3) is 6.08 Å². The summed E-state index contributed by atoms with van der Waals surface area (Å²) in [5.41, 5.74) is 8.72. The summed E-state index contributed by atoms with van der Waals surface area (Å²) in [5, 5.41) is 0.265. The number of benzene rings is 2. The number of amides is 1. The van der Waals surface area contributed by atoms with E-state index in [1.807, 2.05) is 50.2 Å². The minimum absolute atomic E-state index is 0.265. The highest BCUT2D eigenvalue weighted by Crippen LogP contribution is 2.29. The molecule has 0 radical (unpaired) electrons. The minimum atomic E-state index is -0.319. The number of hydrogen-bond donors (Lipinski definition) is 1. The first-order valence-electron chi connectivity index (χ1n) is 8.22. The van der Waals surface area contributed by atoms with Crippen LogP contribution in [0.3, 0.4) is 0 Å². The molecule has 2 aromatic rings. The van der Waals surface area contributed by atoms with Crippen LogP contribution in [0.5, 0.6) is 11.5 Å². The molecule has 1 aliphatic heterocycles. The zero-order valence-corrected chi connectivity index (χ0v) is 15.5. The summed E-state index contributed by atoms with van der Waals surface area (Å²) in [6, 6.07) is 13.6. The van der Waals surface area contributed by atoms with Gasteiger partial charge < -0.3 is 15.2 Å². The van der Waals surface area contributed by atoms with Crippen LogP contribution in [0.15, 0.2) is 52.4 Å². The van der Waals surface area contributed by atoms with Crippen LogP contribution in [0, 0.1) is 13.8 Å². The van der Waals surface area contributed by atoms with Crippen LogP contribution in [-0.4, -0.2) is 24.3 Å². The molecule has 6 heteroatoms. The second-order valence-electron chi connectivity index (χ2n) is 5.92. The average molecular weight is 368 g/mol. The highest BCUT2D eigenvalue weighted by Gasteiger charge is 2.20. The van der Waals surface area contributed by atoms with Gasteiger partial charge in [-0.2, -0.15) is 4.99 Å². The van der Waals surface area contributed by atoms with E-state index in [4.69, 9.17) is 15.2 Å². The molecule has 5 nitrogen and oxygen atoms in total. The number of thioether (sulfide) groups is 1. The first-order chi connectivity index (χ1) is 12.5. The van der Waals surface area contributed by atoms with Crippen molar-refractivity contribution in [2.45, 2.75) is 13.8 Å². The number of ether oxygens (including phenoxy) is 2. The minimum Gasteiger partial charge on any atom is -0.490 e. The Hall–Kier alpha value is -2.73. The summed E-state index contributed by atoms with van der Waals surface area (Å²) in [5.74, 6) is 1.20. The van der Waals surface area contributed by atoms with Gasteiger partial charge in [0.05, 0.1) is 4.91 Å². The fourth-order valence-electron chi connectivity index (χ4n) is 2.63. The standard InChI is InChI=1S/C20H20N2O3S/c1-13-9-14(2)11-16(10-13)24-7-8-25-17-6-4-3-5-15(17)12-18-19(23)22-20(21)26-18/h3-6,9-12H,7-8H2,1-2H3,(H2,21,22,23)/b18-12+. The smallest absolute Gasteiger partial charge is 0.286 e. The molecule has 26 heavy (non-hydrogen) atoms. The molecule has 0 spiro atoms. The van der Waals surface area contributed by atoms with Crippen molar-refractivity contribution >= 4 is 28.9 Å². The predicted molar refractivity (Wildman–Crippen MR) is 106 cm³/mol. The van der Waals surface area contributed by atoms with E-state index in [1.165, 1.54) is 0 Å². The van der Waals surface area contributed by atoms with Crippen LogP contribution in [0.4, 0.5) is 0 Å². The number of nitrogens with zero attached hydrogens (tertiary/aromatic N) is 1. The van der Waals surface area contributed by atoms with Crippen LogP contribution < -0.4 is 15.2 Å². The Labute approximate surface area is 156 Å². The Kier molecular flexibility index (Phi) is 5.63. The third kappa shape index (κ3) is 4.67. The molecular weight excluding hydrogens is 348 g/mol. The van der Waals surface area contributed by atoms with E-state index < -0.39 is 0 Å². The molecule has 0 unspecified atom stereocenters. The van der Waals surface area contributed by atoms with E-state index in [1.54, 1.807) is 6.08 Å². The van der Waals surface area contributed by atoms with Gasteiger partial charge in [0.15, 0.2) is 5.17 Å². The molecule has 3 rings (SSSR count). The summed E-state index contributed by atoms with van der Waals surface area (Å²) in [7, 11) is 0. The van der Waals surface area contributed by atoms with Crippen LogP contribution >= 0.6 is 11.8 Å². The van der Waals surface area contributed by atoms with Crippen molar-refractivity contribution in [3.63, 3.8) is 0 Å². The largest absolute Gasteiger partial charge is 0.490 e. The van der Waals surface area contributed by atoms with Gasteiger partial charge in [0.2, 0.25) is 0 Å². The SMILES string of the molecule is Cc1cc(C)cc(OCCOc2ccccc2/C=C2/SC(N)=NC2=O)c1. The van der Waals surface area contributed by atoms with Gasteiger partial charge >= 0.3 is 0 Å². The molecular formula is C20H20N2O3S. The zero-order valence-electron chi connectivity index (χ0n) is 14.7. The Balaban J connectivity index is 1.60. The lowest BCUT2D eigenvalue weighted by Crippen LogP contribution is -2.09. The molecule has 0 atom stereocenters. The van der Waals surface area contributed by atoms with Crippen molar-refractivity contribution in [2.75, 3.05) is 13.2 Å². The van der Waals surface area contributed by atoms with Crippen molar-refractivity contribution < 1.29 is 14.3 Å². The summed E-state index contributed by atoms with van der Waals surface area (Å²) >= 11 is 1.16. The van der Waals surface area contributed by atoms with E-state index in [0.29, 0.717) is 23.9 Å². The molecule has 1 amide bonds. The van der Waals surface area contributed by atoms with E-state index in [2.05, 4.69) is 11.1 Å². The van der Waals surface area contributed by atoms with Crippen LogP contribution in [0.1, 0.15) is 16.7 Å². The Morgan fingerprint density at radius 3 is 2.46 bits per heavy atom. The summed E-state index contributed by atoms with van der Waals surface area (Å²) in [6.07, 6.45) is 1.75. The van der Waals surface area contributed by atoms with Crippen LogP contribution in [-0.2, 0) is 4.79 Å². The Bertz CT molecular complexity index is 870. The number of para-hydroxylation sites is 1. The van der Waals surface area contributed by atoms with Gasteiger partial charge in [-0.05, 0) is 61.0 Å². The molecule has 1 heterocycles. The van der Waals surface area contributed by atoms with E-state index in [9.17, 15) is 4.79 Å². The van der Waals surface area contributed by atoms with E-state index >= 15 is 0 Å². The first kappa shape index (κ1) is 18.1. The third-order valence-electron chi connectivity index (χ3n) is 3.65. The Morgan fingerprint density at radius 1 is 1.08 bits per heavy atom. The number of nitrogens with two attached hydrogens (primary N) is 1. The molecule has 0 saturated heterocycles. The highest BCUT2D eigenvalue weighted by molar-refractivity contribution is 8.18. The van der Waals surface area contributed by atoms with Gasteiger partial charge in [0.25, 0.3) is 5.91 Å². The van der Waals surface area contributed by atoms with Crippen molar-refractivity contribution in [1.82, 2.24) is 0 Å². The number of carbonyl (C=O) groups is 1. The molecule has 1 aliphatic rings. The monoisotopic (exact) mass is 368 g/mol. The molecule has 0 saturated carbocycles. The number of hydrogen-bond acceptors (Lipinski definition) is 5. The number of rotatable bonds is 6. The normalized spacial score (nSPS) is 15.2. The molecule has 134 valence electrons. The highest BCUT2D eigenvalue weighted by atomic mass is 32.2. The molecule has 0 aromatic heterocycles. The lowest BCUT2D eigenvalue weighted by atomic mass is 10.1. The predicted octanol–water partition coefficient (Wildman–Crippen LogP) is 3.69. The van der Waals surface area contributed by atoms with Gasteiger partial charge in [0, 0.05) is 5.56 Å². The summed E-state index contributed by atoms with van der Waals surface area (Å²) in [4.78, 5) is 16.0. The van der Waals surface area contributed by atoms with Gasteiger partial charge in [-0.25, -0.2) is 0 Å². The maximum absolute atomic E-state index is 11.8. The molecule has 2 N–H and O–H groups in total. The quantitative estimate of drug-likeness (QED) is 0.622. The second-order valence-corrected chi connectivity index (χ2v) is 6.99. The van der Waals surface area contributed by atoms with Crippen molar-refractivity contribution in [2.24, 2.45) is 10.7 Å². The van der Waals surface area contributed by atoms with Gasteiger partial charge in [-0.15, -0.1) is 0 Å². The molecule has 0 bridgehead atoms. The molecule has 0 aliphatic carbocycles. The average Bonchev–Trinajstić information content (AvgIpc) is 2.89. The third-order valence-corrected chi connectivity index (χ3v) is 4.46. The van der Waals surface area contributed by atoms with Crippen molar-refractivity contribution in [3.05, 3.63) is 64.1 Å². The topological polar surface area (TPSA) is 73.9 Å². The maximum Gasteiger partial charge on any atom is 0.286 e. The van der Waals surface area contributed by atoms with Gasteiger partial charge in [0.1, 0.15) is 24.7 Å². The molecule has 0 fully saturated rings. The number of aliphatic imine (C=N–C) groups is 1. The van der Waals surface area contributed by atoms with Gasteiger partial charge in [-0.3, -0.25) is 4.79 Å².